The van der Waals surface area contributed by atoms with Crippen LogP contribution in [0.5, 0.6) is 0 Å². The van der Waals surface area contributed by atoms with Crippen LogP contribution in [-0.2, 0) is 28.9 Å². The summed E-state index contributed by atoms with van der Waals surface area (Å²) in [5.41, 5.74) is 0. The minimum Gasteiger partial charge on any atom is -0.381 e. The zero-order chi connectivity index (χ0) is 13.4. The lowest BCUT2D eigenvalue weighted by atomic mass is 10.2. The predicted molar refractivity (Wildman–Crippen MR) is 65.5 cm³/mol. The molecular weight excluding hydrogens is 280 g/mol. The summed E-state index contributed by atoms with van der Waals surface area (Å²) in [6.45, 7) is 0.658. The van der Waals surface area contributed by atoms with Gasteiger partial charge in [0, 0.05) is 13.2 Å². The summed E-state index contributed by atoms with van der Waals surface area (Å²) in [5, 5.41) is -0.420. The van der Waals surface area contributed by atoms with Crippen LogP contribution in [0.3, 0.4) is 0 Å². The first kappa shape index (κ1) is 14.2. The summed E-state index contributed by atoms with van der Waals surface area (Å²) < 4.78 is 55.7. The monoisotopic (exact) mass is 298 g/mol. The van der Waals surface area contributed by atoms with Gasteiger partial charge in [0.05, 0.1) is 22.9 Å². The van der Waals surface area contributed by atoms with Crippen LogP contribution in [0.15, 0.2) is 0 Å². The minimum absolute atomic E-state index is 0.245. The van der Waals surface area contributed by atoms with Gasteiger partial charge in [0.2, 0.25) is 0 Å². The Morgan fingerprint density at radius 3 is 2.17 bits per heavy atom. The number of hydrogen-bond donors (Lipinski definition) is 0. The van der Waals surface area contributed by atoms with Crippen molar-refractivity contribution in [2.75, 3.05) is 26.1 Å². The van der Waals surface area contributed by atoms with E-state index in [0.29, 0.717) is 38.9 Å². The third-order valence-corrected chi connectivity index (χ3v) is 7.18. The molecule has 0 N–H and O–H groups in total. The maximum Gasteiger partial charge on any atom is 0.264 e. The van der Waals surface area contributed by atoms with Gasteiger partial charge in [-0.25, -0.2) is 8.42 Å². The van der Waals surface area contributed by atoms with Crippen molar-refractivity contribution >= 4 is 20.0 Å². The molecule has 2 fully saturated rings. The van der Waals surface area contributed by atoms with Gasteiger partial charge in [-0.2, -0.15) is 8.42 Å². The highest BCUT2D eigenvalue weighted by Gasteiger charge is 2.57. The van der Waals surface area contributed by atoms with E-state index in [4.69, 9.17) is 8.92 Å². The van der Waals surface area contributed by atoms with Crippen LogP contribution < -0.4 is 0 Å². The lowest BCUT2D eigenvalue weighted by molar-refractivity contribution is 0.0979. The highest BCUT2D eigenvalue weighted by atomic mass is 32.2. The molecule has 18 heavy (non-hydrogen) atoms. The number of sulfone groups is 1. The van der Waals surface area contributed by atoms with Gasteiger partial charge in [-0.15, -0.1) is 0 Å². The molecular formula is C10H18O6S2. The van der Waals surface area contributed by atoms with Crippen LogP contribution in [0.1, 0.15) is 25.7 Å². The molecule has 1 saturated carbocycles. The summed E-state index contributed by atoms with van der Waals surface area (Å²) in [5.74, 6) is 0. The highest BCUT2D eigenvalue weighted by Crippen LogP contribution is 2.47. The maximum absolute atomic E-state index is 12.5. The molecule has 6 nitrogen and oxygen atoms in total. The minimum atomic E-state index is -3.60. The second kappa shape index (κ2) is 4.73. The fourth-order valence-corrected chi connectivity index (χ4v) is 5.13. The first-order valence-electron chi connectivity index (χ1n) is 5.92. The zero-order valence-corrected chi connectivity index (χ0v) is 11.9. The fourth-order valence-electron chi connectivity index (χ4n) is 2.20. The van der Waals surface area contributed by atoms with Crippen molar-refractivity contribution in [2.45, 2.75) is 35.7 Å². The standard InChI is InChI=1S/C10H18O6S2/c1-17(11,12)16-8-10(4-5-10)18(13,14)9-2-6-15-7-3-9/h9H,2-8H2,1H3. The molecule has 0 aromatic heterocycles. The SMILES string of the molecule is CS(=O)(=O)OCC1(S(=O)(=O)C2CCOCC2)CC1. The van der Waals surface area contributed by atoms with Gasteiger partial charge in [0.25, 0.3) is 10.1 Å². The van der Waals surface area contributed by atoms with E-state index in [2.05, 4.69) is 0 Å². The van der Waals surface area contributed by atoms with Crippen LogP contribution in [0.4, 0.5) is 0 Å². The summed E-state index contributed by atoms with van der Waals surface area (Å²) >= 11 is 0. The van der Waals surface area contributed by atoms with Crippen molar-refractivity contribution < 1.29 is 25.8 Å². The Morgan fingerprint density at radius 1 is 1.17 bits per heavy atom. The molecule has 0 aromatic rings. The van der Waals surface area contributed by atoms with E-state index in [1.54, 1.807) is 0 Å². The van der Waals surface area contributed by atoms with Crippen molar-refractivity contribution in [3.63, 3.8) is 0 Å². The van der Waals surface area contributed by atoms with Gasteiger partial charge in [0.15, 0.2) is 9.84 Å². The van der Waals surface area contributed by atoms with Crippen molar-refractivity contribution in [2.24, 2.45) is 0 Å². The first-order chi connectivity index (χ1) is 8.27. The average molecular weight is 298 g/mol. The summed E-state index contributed by atoms with van der Waals surface area (Å²) in [6.07, 6.45) is 2.89. The summed E-state index contributed by atoms with van der Waals surface area (Å²) in [4.78, 5) is 0. The molecule has 0 atom stereocenters. The van der Waals surface area contributed by atoms with E-state index in [9.17, 15) is 16.8 Å². The second-order valence-corrected chi connectivity index (χ2v) is 9.27. The molecule has 0 radical (unpaired) electrons. The Labute approximate surface area is 108 Å². The Bertz CT molecular complexity index is 496. The van der Waals surface area contributed by atoms with Crippen molar-refractivity contribution in [3.05, 3.63) is 0 Å². The van der Waals surface area contributed by atoms with Crippen LogP contribution in [-0.4, -0.2) is 52.9 Å². The van der Waals surface area contributed by atoms with Gasteiger partial charge in [-0.3, -0.25) is 4.18 Å². The van der Waals surface area contributed by atoms with Crippen LogP contribution in [0.2, 0.25) is 0 Å². The second-order valence-electron chi connectivity index (χ2n) is 5.01. The normalized spacial score (nSPS) is 24.9. The molecule has 2 rings (SSSR count). The quantitative estimate of drug-likeness (QED) is 0.669. The van der Waals surface area contributed by atoms with Crippen LogP contribution in [0.25, 0.3) is 0 Å². The molecule has 0 aromatic carbocycles. The van der Waals surface area contributed by atoms with E-state index in [-0.39, 0.29) is 6.61 Å². The van der Waals surface area contributed by atoms with E-state index in [1.165, 1.54) is 0 Å². The number of hydrogen-bond acceptors (Lipinski definition) is 6. The molecule has 0 amide bonds. The van der Waals surface area contributed by atoms with Gasteiger partial charge in [-0.1, -0.05) is 0 Å². The predicted octanol–water partition coefficient (Wildman–Crippen LogP) is 0.0890. The molecule has 0 spiro atoms. The lowest BCUT2D eigenvalue weighted by Crippen LogP contribution is -2.40. The summed E-state index contributed by atoms with van der Waals surface area (Å²) in [6, 6.07) is 0. The Hall–Kier alpha value is -0.180. The lowest BCUT2D eigenvalue weighted by Gasteiger charge is -2.26. The van der Waals surface area contributed by atoms with Crippen molar-refractivity contribution in [1.82, 2.24) is 0 Å². The van der Waals surface area contributed by atoms with Crippen molar-refractivity contribution in [3.8, 4) is 0 Å². The largest absolute Gasteiger partial charge is 0.381 e. The third kappa shape index (κ3) is 2.87. The van der Waals surface area contributed by atoms with Crippen LogP contribution in [0, 0.1) is 0 Å². The van der Waals surface area contributed by atoms with E-state index in [0.717, 1.165) is 6.26 Å². The fraction of sp³-hybridized carbons (Fsp3) is 1.00. The topological polar surface area (TPSA) is 86.7 Å². The molecule has 1 heterocycles. The molecule has 1 aliphatic carbocycles. The Morgan fingerprint density at radius 2 is 1.72 bits per heavy atom. The maximum atomic E-state index is 12.5. The Balaban J connectivity index is 2.09. The van der Waals surface area contributed by atoms with Gasteiger partial charge in [-0.05, 0) is 25.7 Å². The number of rotatable bonds is 5. The molecule has 8 heteroatoms. The smallest absolute Gasteiger partial charge is 0.264 e. The van der Waals surface area contributed by atoms with E-state index >= 15 is 0 Å². The molecule has 0 unspecified atom stereocenters. The van der Waals surface area contributed by atoms with Gasteiger partial charge >= 0.3 is 0 Å². The average Bonchev–Trinajstić information content (AvgIpc) is 3.08. The molecule has 1 saturated heterocycles. The van der Waals surface area contributed by atoms with E-state index in [1.807, 2.05) is 0 Å². The third-order valence-electron chi connectivity index (χ3n) is 3.55. The highest BCUT2D eigenvalue weighted by molar-refractivity contribution is 7.93. The van der Waals surface area contributed by atoms with Gasteiger partial charge < -0.3 is 4.74 Å². The van der Waals surface area contributed by atoms with Gasteiger partial charge in [0.1, 0.15) is 0 Å². The van der Waals surface area contributed by atoms with Crippen LogP contribution >= 0.6 is 0 Å². The molecule has 0 bridgehead atoms. The zero-order valence-electron chi connectivity index (χ0n) is 10.3. The summed E-state index contributed by atoms with van der Waals surface area (Å²) in [7, 11) is -6.94. The Kier molecular flexibility index (Phi) is 3.74. The van der Waals surface area contributed by atoms with Crippen molar-refractivity contribution in [1.29, 1.82) is 0 Å². The molecule has 1 aliphatic heterocycles. The first-order valence-corrected chi connectivity index (χ1v) is 9.29. The molecule has 2 aliphatic rings. The van der Waals surface area contributed by atoms with E-state index < -0.39 is 30.0 Å². The molecule has 106 valence electrons. The number of ether oxygens (including phenoxy) is 1.